The van der Waals surface area contributed by atoms with Crippen molar-refractivity contribution < 1.29 is 34.4 Å². The molecule has 0 saturated heterocycles. The first kappa shape index (κ1) is 9.55. The van der Waals surface area contributed by atoms with Crippen molar-refractivity contribution in [2.75, 3.05) is 0 Å². The minimum Gasteiger partial charge on any atom is -0.663 e. The second-order valence-electron chi connectivity index (χ2n) is 1.46. The van der Waals surface area contributed by atoms with Crippen molar-refractivity contribution in [2.24, 2.45) is 0 Å². The van der Waals surface area contributed by atoms with Crippen LogP contribution >= 0.6 is 0 Å². The van der Waals surface area contributed by atoms with E-state index in [-0.39, 0.29) is 35.1 Å². The number of nitrogens with one attached hydrogen (secondary N) is 1. The maximum atomic E-state index is 10.2. The third kappa shape index (κ3) is 2.43. The summed E-state index contributed by atoms with van der Waals surface area (Å²) in [6.07, 6.45) is 3.93. The van der Waals surface area contributed by atoms with Crippen molar-refractivity contribution in [3.05, 3.63) is 30.0 Å². The number of carbonyl (C=O) groups is 1. The SMILES string of the molecule is [NH-]C(=O)c1cncnc1.[Na+]. The Balaban J connectivity index is 0.000000810. The third-order valence-electron chi connectivity index (χ3n) is 0.823. The van der Waals surface area contributed by atoms with Gasteiger partial charge >= 0.3 is 29.6 Å². The van der Waals surface area contributed by atoms with Crippen LogP contribution in [0, 0.1) is 0 Å². The molecule has 4 nitrogen and oxygen atoms in total. The molecule has 0 fully saturated rings. The quantitative estimate of drug-likeness (QED) is 0.416. The van der Waals surface area contributed by atoms with Gasteiger partial charge in [0.15, 0.2) is 0 Å². The molecular weight excluding hydrogens is 141 g/mol. The Bertz CT molecular complexity index is 213. The van der Waals surface area contributed by atoms with Gasteiger partial charge in [0.1, 0.15) is 6.33 Å². The Hall–Kier alpha value is -0.450. The normalized spacial score (nSPS) is 8.00. The number of rotatable bonds is 1. The van der Waals surface area contributed by atoms with Crippen LogP contribution in [0.4, 0.5) is 0 Å². The fourth-order valence-electron chi connectivity index (χ4n) is 0.416. The Morgan fingerprint density at radius 1 is 1.40 bits per heavy atom. The van der Waals surface area contributed by atoms with E-state index >= 15 is 0 Å². The van der Waals surface area contributed by atoms with Crippen LogP contribution in [0.1, 0.15) is 10.4 Å². The topological polar surface area (TPSA) is 66.7 Å². The van der Waals surface area contributed by atoms with Gasteiger partial charge in [-0.3, -0.25) is 0 Å². The van der Waals surface area contributed by atoms with Gasteiger partial charge in [0.2, 0.25) is 0 Å². The number of carbonyl (C=O) groups excluding carboxylic acids is 1. The molecule has 0 aliphatic rings. The summed E-state index contributed by atoms with van der Waals surface area (Å²) in [6.45, 7) is 0. The van der Waals surface area contributed by atoms with Gasteiger partial charge in [0.25, 0.3) is 0 Å². The second-order valence-corrected chi connectivity index (χ2v) is 1.46. The molecule has 0 radical (unpaired) electrons. The third-order valence-corrected chi connectivity index (χ3v) is 0.823. The first-order valence-electron chi connectivity index (χ1n) is 2.31. The van der Waals surface area contributed by atoms with Crippen molar-refractivity contribution >= 4 is 5.91 Å². The number of hydrogen-bond donors (Lipinski definition) is 0. The minimum absolute atomic E-state index is 0. The average molecular weight is 145 g/mol. The van der Waals surface area contributed by atoms with Crippen LogP contribution in [0.5, 0.6) is 0 Å². The van der Waals surface area contributed by atoms with Crippen LogP contribution in [-0.2, 0) is 0 Å². The average Bonchev–Trinajstić information content (AvgIpc) is 1.90. The minimum atomic E-state index is -0.754. The molecule has 0 atom stereocenters. The summed E-state index contributed by atoms with van der Waals surface area (Å²) in [4.78, 5) is 17.3. The van der Waals surface area contributed by atoms with Gasteiger partial charge in [-0.25, -0.2) is 9.97 Å². The van der Waals surface area contributed by atoms with Gasteiger partial charge in [0, 0.05) is 18.0 Å². The van der Waals surface area contributed by atoms with Crippen LogP contribution in [0.2, 0.25) is 0 Å². The molecule has 5 heteroatoms. The monoisotopic (exact) mass is 145 g/mol. The summed E-state index contributed by atoms with van der Waals surface area (Å²) < 4.78 is 0. The van der Waals surface area contributed by atoms with Gasteiger partial charge in [-0.1, -0.05) is 0 Å². The second kappa shape index (κ2) is 4.38. The molecule has 46 valence electrons. The summed E-state index contributed by atoms with van der Waals surface area (Å²) in [7, 11) is 0. The first-order chi connectivity index (χ1) is 4.30. The van der Waals surface area contributed by atoms with E-state index in [0.717, 1.165) is 0 Å². The van der Waals surface area contributed by atoms with E-state index in [9.17, 15) is 4.79 Å². The molecule has 1 aromatic rings. The molecule has 1 rings (SSSR count). The molecule has 0 aromatic carbocycles. The largest absolute Gasteiger partial charge is 1.00 e. The number of amides is 1. The van der Waals surface area contributed by atoms with Crippen molar-refractivity contribution in [1.29, 1.82) is 0 Å². The molecule has 1 heterocycles. The summed E-state index contributed by atoms with van der Waals surface area (Å²) in [5.41, 5.74) is 6.82. The Morgan fingerprint density at radius 3 is 2.20 bits per heavy atom. The molecule has 1 amide bonds. The molecule has 10 heavy (non-hydrogen) atoms. The number of hydrogen-bond acceptors (Lipinski definition) is 3. The number of nitrogens with zero attached hydrogens (tertiary/aromatic N) is 2. The van der Waals surface area contributed by atoms with Crippen LogP contribution in [0.15, 0.2) is 18.7 Å². The Labute approximate surface area is 80.2 Å². The van der Waals surface area contributed by atoms with E-state index in [0.29, 0.717) is 0 Å². The van der Waals surface area contributed by atoms with Crippen LogP contribution < -0.4 is 29.6 Å². The van der Waals surface area contributed by atoms with E-state index < -0.39 is 5.91 Å². The summed E-state index contributed by atoms with van der Waals surface area (Å²) in [5.74, 6) is -0.754. The van der Waals surface area contributed by atoms with Crippen LogP contribution in [-0.4, -0.2) is 15.9 Å². The molecule has 0 spiro atoms. The van der Waals surface area contributed by atoms with Crippen molar-refractivity contribution in [1.82, 2.24) is 9.97 Å². The molecule has 0 unspecified atom stereocenters. The van der Waals surface area contributed by atoms with Crippen molar-refractivity contribution in [2.45, 2.75) is 0 Å². The summed E-state index contributed by atoms with van der Waals surface area (Å²) in [5, 5.41) is 0. The van der Waals surface area contributed by atoms with Crippen molar-refractivity contribution in [3.8, 4) is 0 Å². The van der Waals surface area contributed by atoms with Gasteiger partial charge in [0.05, 0.1) is 5.91 Å². The van der Waals surface area contributed by atoms with Gasteiger partial charge in [-0.2, -0.15) is 0 Å². The van der Waals surface area contributed by atoms with E-state index in [1.807, 2.05) is 0 Å². The Morgan fingerprint density at radius 2 is 1.90 bits per heavy atom. The molecule has 0 bridgehead atoms. The smallest absolute Gasteiger partial charge is 0.663 e. The molecule has 0 aliphatic heterocycles. The fraction of sp³-hybridized carbons (Fsp3) is 0. The maximum absolute atomic E-state index is 10.2. The number of aromatic nitrogens is 2. The first-order valence-corrected chi connectivity index (χ1v) is 2.31. The predicted molar refractivity (Wildman–Crippen MR) is 30.7 cm³/mol. The summed E-state index contributed by atoms with van der Waals surface area (Å²) in [6, 6.07) is 0. The van der Waals surface area contributed by atoms with Gasteiger partial charge < -0.3 is 10.5 Å². The van der Waals surface area contributed by atoms with Gasteiger partial charge in [-0.05, 0) is 0 Å². The van der Waals surface area contributed by atoms with E-state index in [2.05, 4.69) is 9.97 Å². The fourth-order valence-corrected chi connectivity index (χ4v) is 0.416. The predicted octanol–water partition coefficient (Wildman–Crippen LogP) is -2.33. The zero-order valence-electron chi connectivity index (χ0n) is 5.53. The zero-order valence-corrected chi connectivity index (χ0v) is 7.53. The maximum Gasteiger partial charge on any atom is 1.00 e. The molecule has 1 N–H and O–H groups in total. The van der Waals surface area contributed by atoms with E-state index in [1.54, 1.807) is 0 Å². The molecular formula is C5H4N3NaO. The van der Waals surface area contributed by atoms with E-state index in [1.165, 1.54) is 18.7 Å². The molecule has 0 aliphatic carbocycles. The van der Waals surface area contributed by atoms with Crippen LogP contribution in [0.3, 0.4) is 0 Å². The van der Waals surface area contributed by atoms with Crippen LogP contribution in [0.25, 0.3) is 5.73 Å². The Kier molecular flexibility index (Phi) is 4.18. The van der Waals surface area contributed by atoms with E-state index in [4.69, 9.17) is 5.73 Å². The zero-order chi connectivity index (χ0) is 6.69. The van der Waals surface area contributed by atoms with Gasteiger partial charge in [-0.15, -0.1) is 0 Å². The molecule has 1 aromatic heterocycles. The standard InChI is InChI=1S/C5H5N3O.Na/c6-5(9)4-1-7-3-8-2-4;/h1-3H,(H2,6,9);/q;+1/p-1. The molecule has 0 saturated carbocycles. The van der Waals surface area contributed by atoms with Crippen molar-refractivity contribution in [3.63, 3.8) is 0 Å². The summed E-state index contributed by atoms with van der Waals surface area (Å²) >= 11 is 0.